The summed E-state index contributed by atoms with van der Waals surface area (Å²) in [5.41, 5.74) is -0.877. The summed E-state index contributed by atoms with van der Waals surface area (Å²) in [6.07, 6.45) is 1.66. The van der Waals surface area contributed by atoms with Crippen LogP contribution in [-0.2, 0) is 19.6 Å². The van der Waals surface area contributed by atoms with Crippen LogP contribution in [0.3, 0.4) is 0 Å². The number of ether oxygens (including phenoxy) is 1. The number of amides is 1. The van der Waals surface area contributed by atoms with Crippen LogP contribution >= 0.6 is 0 Å². The van der Waals surface area contributed by atoms with Crippen LogP contribution in [0.2, 0.25) is 0 Å². The number of nitriles is 1. The first-order chi connectivity index (χ1) is 13.5. The van der Waals surface area contributed by atoms with Gasteiger partial charge in [0.25, 0.3) is 5.91 Å². The minimum Gasteiger partial charge on any atom is -0.452 e. The number of hydrogen-bond donors (Lipinski definition) is 0. The van der Waals surface area contributed by atoms with E-state index in [4.69, 9.17) is 10.00 Å². The van der Waals surface area contributed by atoms with Gasteiger partial charge in [-0.15, -0.1) is 0 Å². The molecule has 8 nitrogen and oxygen atoms in total. The Morgan fingerprint density at radius 3 is 2.31 bits per heavy atom. The Balaban J connectivity index is 2.00. The molecule has 1 fully saturated rings. The molecule has 1 aromatic rings. The molecule has 0 aromatic heterocycles. The normalized spacial score (nSPS) is 16.1. The predicted molar refractivity (Wildman–Crippen MR) is 106 cm³/mol. The number of esters is 1. The molecule has 9 heteroatoms. The monoisotopic (exact) mass is 421 g/mol. The Morgan fingerprint density at radius 2 is 1.79 bits per heavy atom. The number of rotatable bonds is 6. The van der Waals surface area contributed by atoms with Crippen LogP contribution in [0.15, 0.2) is 29.2 Å². The lowest BCUT2D eigenvalue weighted by atomic mass is 10.0. The number of hydrogen-bond acceptors (Lipinski definition) is 6. The fraction of sp³-hybridized carbons (Fsp3) is 0.550. The second-order valence-electron chi connectivity index (χ2n) is 7.81. The molecule has 1 saturated heterocycles. The Kier molecular flexibility index (Phi) is 7.03. The van der Waals surface area contributed by atoms with Crippen LogP contribution in [0.4, 0.5) is 0 Å². The molecule has 0 aliphatic carbocycles. The van der Waals surface area contributed by atoms with E-state index in [0.717, 1.165) is 12.8 Å². The van der Waals surface area contributed by atoms with E-state index < -0.39 is 34.0 Å². The first-order valence-electron chi connectivity index (χ1n) is 9.44. The maximum Gasteiger partial charge on any atom is 0.338 e. The maximum atomic E-state index is 12.7. The first-order valence-corrected chi connectivity index (χ1v) is 10.9. The molecule has 0 radical (unpaired) electrons. The summed E-state index contributed by atoms with van der Waals surface area (Å²) in [5.74, 6) is -0.736. The van der Waals surface area contributed by atoms with Gasteiger partial charge in [0.15, 0.2) is 6.61 Å². The zero-order valence-electron chi connectivity index (χ0n) is 17.2. The van der Waals surface area contributed by atoms with Gasteiger partial charge in [0, 0.05) is 20.1 Å². The number of benzene rings is 1. The summed E-state index contributed by atoms with van der Waals surface area (Å²) in [7, 11) is -2.14. The number of likely N-dealkylation sites (N-methyl/N-ethyl adjacent to an activating group) is 1. The van der Waals surface area contributed by atoms with Gasteiger partial charge in [0.2, 0.25) is 10.0 Å². The summed E-state index contributed by atoms with van der Waals surface area (Å²) in [4.78, 5) is 25.6. The molecule has 0 spiro atoms. The van der Waals surface area contributed by atoms with Gasteiger partial charge in [-0.25, -0.2) is 13.2 Å². The lowest BCUT2D eigenvalue weighted by molar-refractivity contribution is -0.136. The summed E-state index contributed by atoms with van der Waals surface area (Å²) in [5, 5.41) is 9.06. The van der Waals surface area contributed by atoms with Gasteiger partial charge in [-0.1, -0.05) is 6.92 Å². The minimum absolute atomic E-state index is 0.121. The van der Waals surface area contributed by atoms with Gasteiger partial charge in [-0.05, 0) is 56.9 Å². The number of sulfonamides is 1. The second kappa shape index (κ2) is 8.93. The molecular weight excluding hydrogens is 394 g/mol. The van der Waals surface area contributed by atoms with Crippen molar-refractivity contribution < 1.29 is 22.7 Å². The SMILES string of the molecule is CC1CCN(S(=O)(=O)c2ccc(C(=O)OCC(=O)N(C)C(C)(C)C#N)cc2)CC1. The third-order valence-corrected chi connectivity index (χ3v) is 7.20. The van der Waals surface area contributed by atoms with Gasteiger partial charge in [0.1, 0.15) is 5.54 Å². The van der Waals surface area contributed by atoms with Crippen molar-refractivity contribution in [2.45, 2.75) is 44.0 Å². The molecule has 158 valence electrons. The number of nitrogens with zero attached hydrogens (tertiary/aromatic N) is 3. The maximum absolute atomic E-state index is 12.7. The highest BCUT2D eigenvalue weighted by atomic mass is 32.2. The molecule has 1 aromatic carbocycles. The van der Waals surface area contributed by atoms with Crippen LogP contribution in [0.25, 0.3) is 0 Å². The average Bonchev–Trinajstić information content (AvgIpc) is 2.71. The third-order valence-electron chi connectivity index (χ3n) is 5.28. The molecule has 29 heavy (non-hydrogen) atoms. The fourth-order valence-electron chi connectivity index (χ4n) is 2.83. The lowest BCUT2D eigenvalue weighted by Crippen LogP contribution is -2.45. The minimum atomic E-state index is -3.59. The Morgan fingerprint density at radius 1 is 1.24 bits per heavy atom. The third kappa shape index (κ3) is 5.34. The van der Waals surface area contributed by atoms with Crippen LogP contribution in [0, 0.1) is 17.2 Å². The van der Waals surface area contributed by atoms with Gasteiger partial charge >= 0.3 is 5.97 Å². The molecule has 1 amide bonds. The highest BCUT2D eigenvalue weighted by Crippen LogP contribution is 2.23. The molecule has 1 aliphatic heterocycles. The van der Waals surface area contributed by atoms with Crippen molar-refractivity contribution in [2.75, 3.05) is 26.7 Å². The topological polar surface area (TPSA) is 108 Å². The molecule has 0 unspecified atom stereocenters. The van der Waals surface area contributed by atoms with Gasteiger partial charge in [-0.2, -0.15) is 9.57 Å². The number of piperidine rings is 1. The van der Waals surface area contributed by atoms with E-state index >= 15 is 0 Å². The fourth-order valence-corrected chi connectivity index (χ4v) is 4.30. The zero-order chi connectivity index (χ0) is 21.8. The summed E-state index contributed by atoms with van der Waals surface area (Å²) < 4.78 is 31.9. The van der Waals surface area contributed by atoms with Crippen molar-refractivity contribution >= 4 is 21.9 Å². The highest BCUT2D eigenvalue weighted by molar-refractivity contribution is 7.89. The second-order valence-corrected chi connectivity index (χ2v) is 9.75. The largest absolute Gasteiger partial charge is 0.452 e. The lowest BCUT2D eigenvalue weighted by Gasteiger charge is -2.29. The van der Waals surface area contributed by atoms with E-state index in [1.807, 2.05) is 6.07 Å². The Labute approximate surface area is 172 Å². The van der Waals surface area contributed by atoms with Crippen LogP contribution in [-0.4, -0.2) is 61.8 Å². The van der Waals surface area contributed by atoms with Crippen molar-refractivity contribution in [3.05, 3.63) is 29.8 Å². The Hall–Kier alpha value is -2.44. The average molecular weight is 422 g/mol. The van der Waals surface area contributed by atoms with Crippen LogP contribution < -0.4 is 0 Å². The van der Waals surface area contributed by atoms with E-state index in [1.165, 1.54) is 40.5 Å². The number of carbonyl (C=O) groups is 2. The predicted octanol–water partition coefficient (Wildman–Crippen LogP) is 2.02. The molecule has 1 heterocycles. The van der Waals surface area contributed by atoms with Crippen molar-refractivity contribution in [1.82, 2.24) is 9.21 Å². The van der Waals surface area contributed by atoms with E-state index in [2.05, 4.69) is 6.92 Å². The Bertz CT molecular complexity index is 895. The first kappa shape index (κ1) is 22.8. The van der Waals surface area contributed by atoms with Crippen molar-refractivity contribution in [1.29, 1.82) is 5.26 Å². The molecule has 0 saturated carbocycles. The molecule has 1 aliphatic rings. The summed E-state index contributed by atoms with van der Waals surface area (Å²) >= 11 is 0. The van der Waals surface area contributed by atoms with Crippen LogP contribution in [0.1, 0.15) is 44.0 Å². The van der Waals surface area contributed by atoms with Crippen LogP contribution in [0.5, 0.6) is 0 Å². The van der Waals surface area contributed by atoms with Gasteiger partial charge in [0.05, 0.1) is 16.5 Å². The smallest absolute Gasteiger partial charge is 0.338 e. The van der Waals surface area contributed by atoms with Crippen molar-refractivity contribution in [3.63, 3.8) is 0 Å². The number of carbonyl (C=O) groups excluding carboxylic acids is 2. The van der Waals surface area contributed by atoms with E-state index in [1.54, 1.807) is 13.8 Å². The molecular formula is C20H27N3O5S. The van der Waals surface area contributed by atoms with Crippen molar-refractivity contribution in [2.24, 2.45) is 5.92 Å². The molecule has 2 rings (SSSR count). The van der Waals surface area contributed by atoms with E-state index in [-0.39, 0.29) is 10.5 Å². The van der Waals surface area contributed by atoms with Gasteiger partial charge in [-0.3, -0.25) is 4.79 Å². The van der Waals surface area contributed by atoms with Gasteiger partial charge < -0.3 is 9.64 Å². The summed E-state index contributed by atoms with van der Waals surface area (Å²) in [6, 6.07) is 7.48. The summed E-state index contributed by atoms with van der Waals surface area (Å²) in [6.45, 7) is 5.73. The highest BCUT2D eigenvalue weighted by Gasteiger charge is 2.29. The van der Waals surface area contributed by atoms with Crippen molar-refractivity contribution in [3.8, 4) is 6.07 Å². The molecule has 0 N–H and O–H groups in total. The van der Waals surface area contributed by atoms with E-state index in [9.17, 15) is 18.0 Å². The molecule has 0 bridgehead atoms. The zero-order valence-corrected chi connectivity index (χ0v) is 18.0. The molecule has 0 atom stereocenters. The standard InChI is InChI=1S/C20H27N3O5S/c1-15-9-11-23(12-10-15)29(26,27)17-7-5-16(6-8-17)19(25)28-13-18(24)22(4)20(2,3)14-21/h5-8,15H,9-13H2,1-4H3. The quantitative estimate of drug-likeness (QED) is 0.650. The van der Waals surface area contributed by atoms with E-state index in [0.29, 0.717) is 19.0 Å².